The summed E-state index contributed by atoms with van der Waals surface area (Å²) in [5, 5.41) is 3.10. The minimum atomic E-state index is 0.142. The molecule has 13 heavy (non-hydrogen) atoms. The van der Waals surface area contributed by atoms with Crippen LogP contribution in [0.1, 0.15) is 13.3 Å². The van der Waals surface area contributed by atoms with Gasteiger partial charge in [0.2, 0.25) is 0 Å². The van der Waals surface area contributed by atoms with Crippen molar-refractivity contribution in [3.05, 3.63) is 0 Å². The molecular formula is C9H18BN2O+. The van der Waals surface area contributed by atoms with Gasteiger partial charge < -0.3 is 10.2 Å². The van der Waals surface area contributed by atoms with Crippen LogP contribution >= 0.6 is 0 Å². The molecule has 1 heterocycles. The Kier molecular flexibility index (Phi) is 3.94. The number of rotatable bonds is 4. The summed E-state index contributed by atoms with van der Waals surface area (Å²) < 4.78 is 0. The normalized spacial score (nSPS) is 33.5. The Bertz CT molecular complexity index is 186. The third-order valence-electron chi connectivity index (χ3n) is 2.74. The number of carbonyl (C=O) groups excluding carboxylic acids is 1. The number of Topliss-reactive ketones (excluding diaryl/α,β-unsaturated/α-hetero) is 1. The Hall–Kier alpha value is -0.345. The van der Waals surface area contributed by atoms with Gasteiger partial charge in [-0.05, 0) is 12.9 Å². The van der Waals surface area contributed by atoms with Gasteiger partial charge >= 0.3 is 0 Å². The van der Waals surface area contributed by atoms with Crippen LogP contribution in [0.15, 0.2) is 0 Å². The lowest BCUT2D eigenvalue weighted by atomic mass is 9.85. The van der Waals surface area contributed by atoms with Gasteiger partial charge in [-0.3, -0.25) is 4.79 Å². The summed E-state index contributed by atoms with van der Waals surface area (Å²) >= 11 is 0. The lowest BCUT2D eigenvalue weighted by Crippen LogP contribution is -3.15. The summed E-state index contributed by atoms with van der Waals surface area (Å²) in [6.07, 6.45) is 0.856. The minimum Gasteiger partial charge on any atom is -0.326 e. The molecule has 1 fully saturated rings. The standard InChI is InChI=1S/C9H17BN2O/c1-7(13)9-5-8(10)6-12(9)4-3-11-2/h8-9,11H,3-6H2,1-2H3/p+1/t8-,9-/m1/s1. The Labute approximate surface area is 81.3 Å². The number of ketones is 1. The second-order valence-electron chi connectivity index (χ2n) is 3.87. The van der Waals surface area contributed by atoms with E-state index in [4.69, 9.17) is 7.85 Å². The average molecular weight is 181 g/mol. The smallest absolute Gasteiger partial charge is 0.186 e. The first kappa shape index (κ1) is 10.7. The molecule has 1 rings (SSSR count). The van der Waals surface area contributed by atoms with Crippen LogP contribution in [0.5, 0.6) is 0 Å². The van der Waals surface area contributed by atoms with Crippen LogP contribution in [0.4, 0.5) is 0 Å². The van der Waals surface area contributed by atoms with Crippen molar-refractivity contribution in [3.63, 3.8) is 0 Å². The second kappa shape index (κ2) is 4.77. The second-order valence-corrected chi connectivity index (χ2v) is 3.87. The first-order valence-electron chi connectivity index (χ1n) is 4.90. The Balaban J connectivity index is 2.45. The third kappa shape index (κ3) is 2.81. The molecule has 0 amide bonds. The molecule has 1 unspecified atom stereocenters. The van der Waals surface area contributed by atoms with Crippen LogP contribution in [0.3, 0.4) is 0 Å². The summed E-state index contributed by atoms with van der Waals surface area (Å²) in [5.41, 5.74) is 0. The fraction of sp³-hybridized carbons (Fsp3) is 0.889. The highest BCUT2D eigenvalue weighted by Crippen LogP contribution is 2.11. The van der Waals surface area contributed by atoms with E-state index in [1.165, 1.54) is 4.90 Å². The zero-order valence-corrected chi connectivity index (χ0v) is 8.47. The summed E-state index contributed by atoms with van der Waals surface area (Å²) in [6, 6.07) is 0.142. The number of quaternary nitrogens is 1. The van der Waals surface area contributed by atoms with Gasteiger partial charge in [-0.25, -0.2) is 0 Å². The molecule has 4 heteroatoms. The van der Waals surface area contributed by atoms with Crippen LogP contribution in [-0.2, 0) is 4.79 Å². The van der Waals surface area contributed by atoms with Gasteiger partial charge in [0.1, 0.15) is 6.04 Å². The molecule has 2 radical (unpaired) electrons. The summed E-state index contributed by atoms with van der Waals surface area (Å²) in [6.45, 7) is 4.55. The minimum absolute atomic E-state index is 0.142. The first-order chi connectivity index (χ1) is 6.15. The first-order valence-corrected chi connectivity index (χ1v) is 4.90. The maximum Gasteiger partial charge on any atom is 0.186 e. The Morgan fingerprint density at radius 3 is 2.92 bits per heavy atom. The van der Waals surface area contributed by atoms with Crippen molar-refractivity contribution < 1.29 is 9.69 Å². The van der Waals surface area contributed by atoms with Crippen molar-refractivity contribution in [2.24, 2.45) is 0 Å². The zero-order chi connectivity index (χ0) is 9.84. The lowest BCUT2D eigenvalue weighted by molar-refractivity contribution is -0.901. The number of likely N-dealkylation sites (N-methyl/N-ethyl adjacent to an activating group) is 1. The Morgan fingerprint density at radius 1 is 1.69 bits per heavy atom. The van der Waals surface area contributed by atoms with E-state index in [-0.39, 0.29) is 17.6 Å². The molecule has 2 N–H and O–H groups in total. The van der Waals surface area contributed by atoms with Gasteiger partial charge in [-0.2, -0.15) is 0 Å². The number of nitrogens with one attached hydrogen (secondary N) is 2. The van der Waals surface area contributed by atoms with E-state index in [1.54, 1.807) is 6.92 Å². The molecule has 0 saturated carbocycles. The van der Waals surface area contributed by atoms with Crippen molar-refractivity contribution in [1.29, 1.82) is 0 Å². The highest BCUT2D eigenvalue weighted by molar-refractivity contribution is 6.12. The number of likely N-dealkylation sites (tertiary alicyclic amines) is 1. The quantitative estimate of drug-likeness (QED) is 0.512. The maximum atomic E-state index is 11.3. The molecule has 0 spiro atoms. The molecule has 1 aliphatic heterocycles. The van der Waals surface area contributed by atoms with Crippen LogP contribution in [0.2, 0.25) is 5.82 Å². The highest BCUT2D eigenvalue weighted by Gasteiger charge is 2.35. The molecule has 3 atom stereocenters. The molecule has 0 aromatic carbocycles. The van der Waals surface area contributed by atoms with Gasteiger partial charge in [-0.1, -0.05) is 0 Å². The number of hydrogen-bond acceptors (Lipinski definition) is 2. The predicted octanol–water partition coefficient (Wildman–Crippen LogP) is -1.59. The van der Waals surface area contributed by atoms with Gasteiger partial charge in [0, 0.05) is 19.9 Å². The summed E-state index contributed by atoms with van der Waals surface area (Å²) in [4.78, 5) is 12.6. The topological polar surface area (TPSA) is 33.5 Å². The fourth-order valence-electron chi connectivity index (χ4n) is 2.05. The largest absolute Gasteiger partial charge is 0.326 e. The zero-order valence-electron chi connectivity index (χ0n) is 8.47. The molecular weight excluding hydrogens is 163 g/mol. The monoisotopic (exact) mass is 181 g/mol. The van der Waals surface area contributed by atoms with E-state index in [0.717, 1.165) is 26.1 Å². The van der Waals surface area contributed by atoms with Crippen molar-refractivity contribution in [2.75, 3.05) is 26.7 Å². The summed E-state index contributed by atoms with van der Waals surface area (Å²) in [5.74, 6) is 0.486. The van der Waals surface area contributed by atoms with E-state index in [1.807, 2.05) is 7.05 Å². The van der Waals surface area contributed by atoms with Crippen LogP contribution < -0.4 is 10.2 Å². The predicted molar refractivity (Wildman–Crippen MR) is 53.2 cm³/mol. The number of carbonyl (C=O) groups is 1. The Morgan fingerprint density at radius 2 is 2.38 bits per heavy atom. The molecule has 0 bridgehead atoms. The molecule has 0 aromatic rings. The average Bonchev–Trinajstić information content (AvgIpc) is 2.43. The van der Waals surface area contributed by atoms with Crippen molar-refractivity contribution in [3.8, 4) is 0 Å². The van der Waals surface area contributed by atoms with E-state index < -0.39 is 0 Å². The van der Waals surface area contributed by atoms with Gasteiger partial charge in [0.15, 0.2) is 5.78 Å². The van der Waals surface area contributed by atoms with Gasteiger partial charge in [0.05, 0.1) is 20.9 Å². The lowest BCUT2D eigenvalue weighted by Gasteiger charge is -2.18. The van der Waals surface area contributed by atoms with Gasteiger partial charge in [0.25, 0.3) is 0 Å². The van der Waals surface area contributed by atoms with Crippen LogP contribution in [0.25, 0.3) is 0 Å². The van der Waals surface area contributed by atoms with E-state index in [9.17, 15) is 4.79 Å². The highest BCUT2D eigenvalue weighted by atomic mass is 16.1. The molecule has 72 valence electrons. The SMILES string of the molecule is [B][C@@H]1C[C@H](C(C)=O)[NH+](CCNC)C1. The van der Waals surface area contributed by atoms with Crippen molar-refractivity contribution in [2.45, 2.75) is 25.2 Å². The fourth-order valence-corrected chi connectivity index (χ4v) is 2.05. The van der Waals surface area contributed by atoms with Crippen LogP contribution in [-0.4, -0.2) is 46.4 Å². The van der Waals surface area contributed by atoms with Gasteiger partial charge in [-0.15, -0.1) is 0 Å². The van der Waals surface area contributed by atoms with Crippen molar-refractivity contribution in [1.82, 2.24) is 5.32 Å². The number of hydrogen-bond donors (Lipinski definition) is 2. The van der Waals surface area contributed by atoms with E-state index in [0.29, 0.717) is 0 Å². The van der Waals surface area contributed by atoms with Crippen molar-refractivity contribution >= 4 is 13.6 Å². The molecule has 1 saturated heterocycles. The third-order valence-corrected chi connectivity index (χ3v) is 2.74. The molecule has 0 aliphatic carbocycles. The van der Waals surface area contributed by atoms with E-state index in [2.05, 4.69) is 5.32 Å². The maximum absolute atomic E-state index is 11.3. The molecule has 3 nitrogen and oxygen atoms in total. The summed E-state index contributed by atoms with van der Waals surface area (Å²) in [7, 11) is 7.76. The molecule has 0 aromatic heterocycles. The molecule has 1 aliphatic rings. The van der Waals surface area contributed by atoms with E-state index >= 15 is 0 Å². The van der Waals surface area contributed by atoms with Crippen LogP contribution in [0, 0.1) is 0 Å².